The largest absolute Gasteiger partial charge is 0.322 e. The van der Waals surface area contributed by atoms with Crippen LogP contribution >= 0.6 is 0 Å². The van der Waals surface area contributed by atoms with Gasteiger partial charge in [0.05, 0.1) is 5.75 Å². The molecule has 0 unspecified atom stereocenters. The van der Waals surface area contributed by atoms with E-state index in [9.17, 15) is 18.0 Å². The van der Waals surface area contributed by atoms with Crippen LogP contribution in [0.15, 0.2) is 73.1 Å². The molecule has 0 atom stereocenters. The molecule has 0 aliphatic rings. The van der Waals surface area contributed by atoms with Crippen molar-refractivity contribution in [1.82, 2.24) is 4.98 Å². The second-order valence-electron chi connectivity index (χ2n) is 6.49. The van der Waals surface area contributed by atoms with Crippen LogP contribution in [0.25, 0.3) is 0 Å². The Hall–Kier alpha value is -3.52. The van der Waals surface area contributed by atoms with E-state index in [1.807, 2.05) is 0 Å². The number of anilines is 2. The average Bonchev–Trinajstić information content (AvgIpc) is 2.68. The van der Waals surface area contributed by atoms with E-state index in [2.05, 4.69) is 15.6 Å². The van der Waals surface area contributed by atoms with Gasteiger partial charge in [-0.05, 0) is 48.0 Å². The molecule has 0 spiro atoms. The first-order chi connectivity index (χ1) is 13.8. The number of rotatable bonds is 6. The lowest BCUT2D eigenvalue weighted by Gasteiger charge is -2.09. The first kappa shape index (κ1) is 20.2. The fraction of sp³-hybridized carbons (Fsp3) is 0.0952. The van der Waals surface area contributed by atoms with Gasteiger partial charge in [-0.15, -0.1) is 0 Å². The van der Waals surface area contributed by atoms with Gasteiger partial charge in [0, 0.05) is 41.2 Å². The molecule has 3 aromatic rings. The Bertz CT molecular complexity index is 1130. The van der Waals surface area contributed by atoms with Gasteiger partial charge in [-0.2, -0.15) is 0 Å². The van der Waals surface area contributed by atoms with Crippen LogP contribution < -0.4 is 10.6 Å². The number of carbonyl (C=O) groups is 2. The van der Waals surface area contributed by atoms with Crippen molar-refractivity contribution in [3.63, 3.8) is 0 Å². The lowest BCUT2D eigenvalue weighted by Crippen LogP contribution is -2.14. The molecular weight excluding hydrogens is 390 g/mol. The van der Waals surface area contributed by atoms with E-state index in [1.54, 1.807) is 73.1 Å². The summed E-state index contributed by atoms with van der Waals surface area (Å²) in [5.41, 5.74) is 2.47. The van der Waals surface area contributed by atoms with Gasteiger partial charge in [-0.25, -0.2) is 8.42 Å². The number of sulfone groups is 1. The summed E-state index contributed by atoms with van der Waals surface area (Å²) in [6.45, 7) is 0. The van der Waals surface area contributed by atoms with Crippen molar-refractivity contribution < 1.29 is 18.0 Å². The van der Waals surface area contributed by atoms with Crippen molar-refractivity contribution in [2.24, 2.45) is 0 Å². The molecule has 148 valence electrons. The van der Waals surface area contributed by atoms with Crippen molar-refractivity contribution in [2.45, 2.75) is 5.75 Å². The molecule has 29 heavy (non-hydrogen) atoms. The Labute approximate surface area is 168 Å². The Balaban J connectivity index is 1.68. The number of benzene rings is 2. The molecular formula is C21H19N3O4S. The van der Waals surface area contributed by atoms with Crippen LogP contribution in [0.5, 0.6) is 0 Å². The Morgan fingerprint density at radius 3 is 2.10 bits per heavy atom. The highest BCUT2D eigenvalue weighted by Crippen LogP contribution is 2.15. The van der Waals surface area contributed by atoms with Gasteiger partial charge in [-0.1, -0.05) is 18.2 Å². The summed E-state index contributed by atoms with van der Waals surface area (Å²) in [6, 6.07) is 16.3. The fourth-order valence-corrected chi connectivity index (χ4v) is 3.43. The highest BCUT2D eigenvalue weighted by atomic mass is 32.2. The number of nitrogens with zero attached hydrogens (tertiary/aromatic N) is 1. The van der Waals surface area contributed by atoms with Gasteiger partial charge in [0.15, 0.2) is 9.84 Å². The standard InChI is InChI=1S/C21H19N3O4S/c1-29(27,28)14-15-5-7-16(8-6-15)20(25)24-19-4-2-3-17(13-19)21(26)23-18-9-11-22-12-10-18/h2-13H,14H2,1H3,(H,24,25)(H,22,23,26). The third kappa shape index (κ3) is 5.98. The van der Waals surface area contributed by atoms with Gasteiger partial charge in [0.1, 0.15) is 0 Å². The molecule has 8 heteroatoms. The Kier molecular flexibility index (Phi) is 6.04. The van der Waals surface area contributed by atoms with Gasteiger partial charge < -0.3 is 10.6 Å². The van der Waals surface area contributed by atoms with Gasteiger partial charge in [0.25, 0.3) is 11.8 Å². The van der Waals surface area contributed by atoms with Crippen molar-refractivity contribution in [1.29, 1.82) is 0 Å². The number of pyridine rings is 1. The van der Waals surface area contributed by atoms with E-state index in [0.29, 0.717) is 28.1 Å². The molecule has 3 rings (SSSR count). The van der Waals surface area contributed by atoms with Crippen LogP contribution in [-0.2, 0) is 15.6 Å². The zero-order valence-corrected chi connectivity index (χ0v) is 16.4. The van der Waals surface area contributed by atoms with Gasteiger partial charge in [-0.3, -0.25) is 14.6 Å². The smallest absolute Gasteiger partial charge is 0.255 e. The maximum Gasteiger partial charge on any atom is 0.255 e. The van der Waals surface area contributed by atoms with Crippen LogP contribution in [-0.4, -0.2) is 31.5 Å². The summed E-state index contributed by atoms with van der Waals surface area (Å²) in [6.07, 6.45) is 4.31. The van der Waals surface area contributed by atoms with E-state index in [1.165, 1.54) is 0 Å². The first-order valence-electron chi connectivity index (χ1n) is 8.70. The highest BCUT2D eigenvalue weighted by molar-refractivity contribution is 7.89. The Morgan fingerprint density at radius 1 is 0.828 bits per heavy atom. The van der Waals surface area contributed by atoms with Crippen LogP contribution in [0.2, 0.25) is 0 Å². The number of amides is 2. The molecule has 2 amide bonds. The van der Waals surface area contributed by atoms with Gasteiger partial charge >= 0.3 is 0 Å². The molecule has 0 radical (unpaired) electrons. The van der Waals surface area contributed by atoms with E-state index in [4.69, 9.17) is 0 Å². The molecule has 2 N–H and O–H groups in total. The summed E-state index contributed by atoms with van der Waals surface area (Å²) in [5, 5.41) is 5.49. The second kappa shape index (κ2) is 8.66. The van der Waals surface area contributed by atoms with Crippen LogP contribution in [0, 0.1) is 0 Å². The van der Waals surface area contributed by atoms with Crippen LogP contribution in [0.4, 0.5) is 11.4 Å². The number of carbonyl (C=O) groups excluding carboxylic acids is 2. The monoisotopic (exact) mass is 409 g/mol. The predicted octanol–water partition coefficient (Wildman–Crippen LogP) is 3.13. The number of aromatic nitrogens is 1. The minimum absolute atomic E-state index is 0.0798. The Morgan fingerprint density at radius 2 is 1.45 bits per heavy atom. The normalized spacial score (nSPS) is 10.9. The minimum atomic E-state index is -3.14. The SMILES string of the molecule is CS(=O)(=O)Cc1ccc(C(=O)Nc2cccc(C(=O)Nc3ccncc3)c2)cc1. The van der Waals surface area contributed by atoms with Crippen molar-refractivity contribution in [3.05, 3.63) is 89.7 Å². The zero-order valence-electron chi connectivity index (χ0n) is 15.6. The lowest BCUT2D eigenvalue weighted by molar-refractivity contribution is 0.101. The molecule has 7 nitrogen and oxygen atoms in total. The van der Waals surface area contributed by atoms with Crippen LogP contribution in [0.3, 0.4) is 0 Å². The topological polar surface area (TPSA) is 105 Å². The summed E-state index contributed by atoms with van der Waals surface area (Å²) in [5.74, 6) is -0.746. The minimum Gasteiger partial charge on any atom is -0.322 e. The maximum atomic E-state index is 12.4. The molecule has 0 saturated heterocycles. The van der Waals surface area contributed by atoms with E-state index in [-0.39, 0.29) is 17.6 Å². The average molecular weight is 409 g/mol. The van der Waals surface area contributed by atoms with Crippen LogP contribution in [0.1, 0.15) is 26.3 Å². The van der Waals surface area contributed by atoms with Crippen molar-refractivity contribution in [2.75, 3.05) is 16.9 Å². The van der Waals surface area contributed by atoms with E-state index >= 15 is 0 Å². The molecule has 2 aromatic carbocycles. The maximum absolute atomic E-state index is 12.4. The summed E-state index contributed by atoms with van der Waals surface area (Å²) >= 11 is 0. The molecule has 0 bridgehead atoms. The molecule has 0 fully saturated rings. The van der Waals surface area contributed by atoms with Gasteiger partial charge in [0.2, 0.25) is 0 Å². The molecule has 0 aliphatic carbocycles. The summed E-state index contributed by atoms with van der Waals surface area (Å²) < 4.78 is 22.7. The molecule has 0 aliphatic heterocycles. The van der Waals surface area contributed by atoms with Crippen molar-refractivity contribution in [3.8, 4) is 0 Å². The zero-order chi connectivity index (χ0) is 20.9. The third-order valence-corrected chi connectivity index (χ3v) is 4.82. The lowest BCUT2D eigenvalue weighted by atomic mass is 10.1. The number of hydrogen-bond donors (Lipinski definition) is 2. The molecule has 1 heterocycles. The third-order valence-electron chi connectivity index (χ3n) is 3.97. The molecule has 0 saturated carbocycles. The highest BCUT2D eigenvalue weighted by Gasteiger charge is 2.11. The molecule has 1 aromatic heterocycles. The fourth-order valence-electron chi connectivity index (χ4n) is 2.64. The predicted molar refractivity (Wildman–Crippen MR) is 112 cm³/mol. The van der Waals surface area contributed by atoms with Crippen molar-refractivity contribution >= 4 is 33.0 Å². The van der Waals surface area contributed by atoms with E-state index in [0.717, 1.165) is 6.26 Å². The van der Waals surface area contributed by atoms with E-state index < -0.39 is 9.84 Å². The number of hydrogen-bond acceptors (Lipinski definition) is 5. The summed E-state index contributed by atoms with van der Waals surface area (Å²) in [7, 11) is -3.14. The first-order valence-corrected chi connectivity index (χ1v) is 10.8. The second-order valence-corrected chi connectivity index (χ2v) is 8.63. The number of nitrogens with one attached hydrogen (secondary N) is 2. The quantitative estimate of drug-likeness (QED) is 0.651. The summed E-state index contributed by atoms with van der Waals surface area (Å²) in [4.78, 5) is 28.7.